The number of nitrogens with one attached hydrogen (secondary N) is 1. The smallest absolute Gasteiger partial charge is 0.261 e. The van der Waals surface area contributed by atoms with Gasteiger partial charge in [-0.05, 0) is 24.3 Å². The molecule has 0 aliphatic heterocycles. The molecule has 2 heterocycles. The number of halogens is 1. The van der Waals surface area contributed by atoms with E-state index in [1.54, 1.807) is 12.1 Å². The predicted octanol–water partition coefficient (Wildman–Crippen LogP) is 2.49. The van der Waals surface area contributed by atoms with Crippen LogP contribution in [0.5, 0.6) is 17.2 Å². The van der Waals surface area contributed by atoms with Crippen molar-refractivity contribution >= 4 is 21.9 Å². The van der Waals surface area contributed by atoms with Gasteiger partial charge in [0.05, 0.1) is 50.6 Å². The molecule has 1 N–H and O–H groups in total. The van der Waals surface area contributed by atoms with Gasteiger partial charge in [-0.15, -0.1) is 0 Å². The Balaban J connectivity index is 1.83. The minimum absolute atomic E-state index is 0.148. The molecular weight excluding hydrogens is 367 g/mol. The van der Waals surface area contributed by atoms with Gasteiger partial charge in [0.1, 0.15) is 17.2 Å². The van der Waals surface area contributed by atoms with Gasteiger partial charge in [0, 0.05) is 0 Å². The van der Waals surface area contributed by atoms with Crippen LogP contribution in [0.25, 0.3) is 21.9 Å². The molecule has 2 aromatic carbocycles. The Morgan fingerprint density at radius 2 is 1.89 bits per heavy atom. The summed E-state index contributed by atoms with van der Waals surface area (Å²) in [4.78, 5) is 24.8. The van der Waals surface area contributed by atoms with Gasteiger partial charge in [0.15, 0.2) is 11.5 Å². The highest BCUT2D eigenvalue weighted by Crippen LogP contribution is 2.41. The molecule has 4 rings (SSSR count). The van der Waals surface area contributed by atoms with Crippen LogP contribution in [0.15, 0.2) is 35.4 Å². The molecule has 8 nitrogen and oxygen atoms in total. The Kier molecular flexibility index (Phi) is 4.34. The number of hydrogen-bond donors (Lipinski definition) is 1. The van der Waals surface area contributed by atoms with Crippen LogP contribution in [-0.4, -0.2) is 40.8 Å². The molecule has 0 bridgehead atoms. The van der Waals surface area contributed by atoms with Crippen molar-refractivity contribution in [3.8, 4) is 17.2 Å². The fourth-order valence-electron chi connectivity index (χ4n) is 3.15. The first-order valence-electron chi connectivity index (χ1n) is 8.38. The number of aromatic nitrogens is 4. The first-order valence-corrected chi connectivity index (χ1v) is 8.38. The van der Waals surface area contributed by atoms with Crippen LogP contribution in [0.2, 0.25) is 0 Å². The zero-order valence-electron chi connectivity index (χ0n) is 15.4. The van der Waals surface area contributed by atoms with E-state index in [4.69, 9.17) is 14.2 Å². The minimum atomic E-state index is -0.361. The molecule has 4 aromatic rings. The Hall–Kier alpha value is -3.62. The molecule has 9 heteroatoms. The lowest BCUT2D eigenvalue weighted by Crippen LogP contribution is -2.22. The van der Waals surface area contributed by atoms with Crippen LogP contribution in [0.3, 0.4) is 0 Å². The molecule has 0 spiro atoms. The van der Waals surface area contributed by atoms with E-state index in [1.807, 2.05) is 0 Å². The van der Waals surface area contributed by atoms with Gasteiger partial charge in [-0.25, -0.2) is 14.4 Å². The van der Waals surface area contributed by atoms with Crippen LogP contribution in [0.4, 0.5) is 4.39 Å². The Labute approximate surface area is 158 Å². The highest BCUT2D eigenvalue weighted by Gasteiger charge is 2.19. The van der Waals surface area contributed by atoms with Gasteiger partial charge in [-0.1, -0.05) is 0 Å². The maximum atomic E-state index is 13.4. The third-order valence-electron chi connectivity index (χ3n) is 4.43. The first-order chi connectivity index (χ1) is 13.5. The number of benzene rings is 2. The molecule has 0 atom stereocenters. The summed E-state index contributed by atoms with van der Waals surface area (Å²) in [7, 11) is 4.43. The molecule has 2 aromatic heterocycles. The average molecular weight is 384 g/mol. The van der Waals surface area contributed by atoms with E-state index in [-0.39, 0.29) is 17.9 Å². The lowest BCUT2D eigenvalue weighted by molar-refractivity contribution is 0.326. The largest absolute Gasteiger partial charge is 0.493 e. The predicted molar refractivity (Wildman–Crippen MR) is 101 cm³/mol. The van der Waals surface area contributed by atoms with Crippen molar-refractivity contribution in [3.05, 3.63) is 52.6 Å². The number of imidazole rings is 1. The number of rotatable bonds is 5. The number of H-pyrrole nitrogens is 1. The van der Waals surface area contributed by atoms with Gasteiger partial charge >= 0.3 is 0 Å². The van der Waals surface area contributed by atoms with Crippen molar-refractivity contribution in [1.29, 1.82) is 0 Å². The molecular formula is C19H17FN4O4. The zero-order chi connectivity index (χ0) is 19.8. The van der Waals surface area contributed by atoms with Crippen molar-refractivity contribution in [3.63, 3.8) is 0 Å². The first kappa shape index (κ1) is 17.8. The highest BCUT2D eigenvalue weighted by molar-refractivity contribution is 5.89. The number of hydrogen-bond acceptors (Lipinski definition) is 6. The van der Waals surface area contributed by atoms with Crippen molar-refractivity contribution in [2.75, 3.05) is 21.3 Å². The summed E-state index contributed by atoms with van der Waals surface area (Å²) in [5.74, 6) is 1.20. The maximum Gasteiger partial charge on any atom is 0.261 e. The standard InChI is InChI=1S/C19H17FN4O4/c1-26-14-7-11-16(18(28-3)17(14)27-2)21-9-24(19(11)25)8-15-22-12-5-4-10(20)6-13(12)23-15/h4-7,9H,8H2,1-3H3,(H,22,23). The second-order valence-electron chi connectivity index (χ2n) is 6.06. The Morgan fingerprint density at radius 1 is 1.11 bits per heavy atom. The van der Waals surface area contributed by atoms with Gasteiger partial charge in [0.25, 0.3) is 5.56 Å². The monoisotopic (exact) mass is 384 g/mol. The van der Waals surface area contributed by atoms with Crippen molar-refractivity contribution in [1.82, 2.24) is 19.5 Å². The Bertz CT molecular complexity index is 1250. The quantitative estimate of drug-likeness (QED) is 0.568. The van der Waals surface area contributed by atoms with Crippen molar-refractivity contribution in [2.24, 2.45) is 0 Å². The number of nitrogens with zero attached hydrogens (tertiary/aromatic N) is 3. The fraction of sp³-hybridized carbons (Fsp3) is 0.211. The molecule has 0 radical (unpaired) electrons. The van der Waals surface area contributed by atoms with E-state index in [2.05, 4.69) is 15.0 Å². The molecule has 0 amide bonds. The number of aromatic amines is 1. The maximum absolute atomic E-state index is 13.4. The summed E-state index contributed by atoms with van der Waals surface area (Å²) in [5.41, 5.74) is 1.25. The minimum Gasteiger partial charge on any atom is -0.493 e. The summed E-state index contributed by atoms with van der Waals surface area (Å²) in [6.45, 7) is 0.148. The molecule has 0 aliphatic carbocycles. The number of ether oxygens (including phenoxy) is 3. The van der Waals surface area contributed by atoms with Crippen molar-refractivity contribution < 1.29 is 18.6 Å². The van der Waals surface area contributed by atoms with E-state index >= 15 is 0 Å². The molecule has 0 unspecified atom stereocenters. The second kappa shape index (κ2) is 6.84. The molecule has 28 heavy (non-hydrogen) atoms. The van der Waals surface area contributed by atoms with E-state index in [1.165, 1.54) is 44.4 Å². The number of methoxy groups -OCH3 is 3. The second-order valence-corrected chi connectivity index (χ2v) is 6.06. The third kappa shape index (κ3) is 2.81. The summed E-state index contributed by atoms with van der Waals surface area (Å²) in [5, 5.41) is 0.319. The van der Waals surface area contributed by atoms with E-state index in [0.717, 1.165) is 0 Å². The number of fused-ring (bicyclic) bond motifs is 2. The third-order valence-corrected chi connectivity index (χ3v) is 4.43. The van der Waals surface area contributed by atoms with E-state index in [0.29, 0.717) is 45.0 Å². The van der Waals surface area contributed by atoms with Gasteiger partial charge in [-0.2, -0.15) is 0 Å². The van der Waals surface area contributed by atoms with E-state index < -0.39 is 0 Å². The molecule has 144 valence electrons. The van der Waals surface area contributed by atoms with Crippen molar-refractivity contribution in [2.45, 2.75) is 6.54 Å². The zero-order valence-corrected chi connectivity index (χ0v) is 15.4. The summed E-state index contributed by atoms with van der Waals surface area (Å²) >= 11 is 0. The summed E-state index contributed by atoms with van der Waals surface area (Å²) in [6.07, 6.45) is 1.41. The van der Waals surface area contributed by atoms with Crippen LogP contribution in [-0.2, 0) is 6.54 Å². The Morgan fingerprint density at radius 3 is 2.61 bits per heavy atom. The lowest BCUT2D eigenvalue weighted by atomic mass is 10.2. The topological polar surface area (TPSA) is 91.3 Å². The van der Waals surface area contributed by atoms with Crippen LogP contribution >= 0.6 is 0 Å². The molecule has 0 aliphatic rings. The van der Waals surface area contributed by atoms with Gasteiger partial charge in [-0.3, -0.25) is 9.36 Å². The fourth-order valence-corrected chi connectivity index (χ4v) is 3.15. The van der Waals surface area contributed by atoms with Gasteiger partial charge < -0.3 is 19.2 Å². The SMILES string of the molecule is COc1cc2c(=O)n(Cc3nc4ccc(F)cc4[nH]3)cnc2c(OC)c1OC. The van der Waals surface area contributed by atoms with Gasteiger partial charge in [0.2, 0.25) is 5.75 Å². The normalized spacial score (nSPS) is 11.1. The highest BCUT2D eigenvalue weighted by atomic mass is 19.1. The molecule has 0 saturated carbocycles. The average Bonchev–Trinajstić information content (AvgIpc) is 3.10. The van der Waals surface area contributed by atoms with Crippen LogP contribution in [0.1, 0.15) is 5.82 Å². The lowest BCUT2D eigenvalue weighted by Gasteiger charge is -2.14. The molecule has 0 fully saturated rings. The van der Waals surface area contributed by atoms with E-state index in [9.17, 15) is 9.18 Å². The summed E-state index contributed by atoms with van der Waals surface area (Å²) in [6, 6.07) is 5.84. The summed E-state index contributed by atoms with van der Waals surface area (Å²) < 4.78 is 30.8. The van der Waals surface area contributed by atoms with Crippen LogP contribution < -0.4 is 19.8 Å². The molecule has 0 saturated heterocycles. The van der Waals surface area contributed by atoms with Crippen LogP contribution in [0, 0.1) is 5.82 Å².